The smallest absolute Gasteiger partial charge is 0.178 e. The summed E-state index contributed by atoms with van der Waals surface area (Å²) in [7, 11) is 2.05. The number of aryl methyl sites for hydroxylation is 1. The highest BCUT2D eigenvalue weighted by molar-refractivity contribution is 5.46. The molecule has 102 valence electrons. The second-order valence-corrected chi connectivity index (χ2v) is 4.91. The van der Waals surface area contributed by atoms with Crippen molar-refractivity contribution in [2.45, 2.75) is 19.9 Å². The Bertz CT molecular complexity index is 719. The molecule has 2 aromatic heterocycles. The van der Waals surface area contributed by atoms with E-state index in [-0.39, 0.29) is 6.04 Å². The molecule has 0 bridgehead atoms. The molecule has 0 saturated heterocycles. The molecular formula is C15H17N5. The van der Waals surface area contributed by atoms with Crippen LogP contribution in [0.3, 0.4) is 0 Å². The lowest BCUT2D eigenvalue weighted by molar-refractivity contribution is 0.712. The van der Waals surface area contributed by atoms with Crippen molar-refractivity contribution in [2.24, 2.45) is 0 Å². The zero-order chi connectivity index (χ0) is 14.1. The van der Waals surface area contributed by atoms with Gasteiger partial charge in [-0.15, -0.1) is 15.3 Å². The molecule has 0 fully saturated rings. The normalized spacial score (nSPS) is 12.6. The third-order valence-electron chi connectivity index (χ3n) is 3.63. The Morgan fingerprint density at radius 2 is 1.80 bits per heavy atom. The molecule has 1 atom stereocenters. The SMILES string of the molecule is Cc1nnc2ccc(N(C)[C@H](C)c3ccccc3)nn12. The van der Waals surface area contributed by atoms with Crippen LogP contribution in [-0.2, 0) is 0 Å². The van der Waals surface area contributed by atoms with E-state index >= 15 is 0 Å². The second kappa shape index (κ2) is 4.92. The number of anilines is 1. The standard InChI is InChI=1S/C15H17N5/c1-11(13-7-5-4-6-8-13)19(3)15-10-9-14-17-16-12(2)20(14)18-15/h4-11H,1-3H3/t11-/m1/s1. The highest BCUT2D eigenvalue weighted by Gasteiger charge is 2.14. The van der Waals surface area contributed by atoms with Crippen molar-refractivity contribution >= 4 is 11.5 Å². The lowest BCUT2D eigenvalue weighted by Crippen LogP contribution is -2.23. The summed E-state index contributed by atoms with van der Waals surface area (Å²) in [4.78, 5) is 2.15. The van der Waals surface area contributed by atoms with E-state index in [1.54, 1.807) is 4.52 Å². The molecule has 3 aromatic rings. The first kappa shape index (κ1) is 12.6. The van der Waals surface area contributed by atoms with Crippen molar-refractivity contribution in [3.63, 3.8) is 0 Å². The molecule has 0 saturated carbocycles. The summed E-state index contributed by atoms with van der Waals surface area (Å²) in [5, 5.41) is 12.7. The Balaban J connectivity index is 1.95. The summed E-state index contributed by atoms with van der Waals surface area (Å²) in [6.07, 6.45) is 0. The number of rotatable bonds is 3. The molecule has 0 amide bonds. The lowest BCUT2D eigenvalue weighted by Gasteiger charge is -2.26. The zero-order valence-electron chi connectivity index (χ0n) is 11.9. The first-order valence-corrected chi connectivity index (χ1v) is 6.63. The average Bonchev–Trinajstić information content (AvgIpc) is 2.87. The van der Waals surface area contributed by atoms with Crippen molar-refractivity contribution < 1.29 is 0 Å². The van der Waals surface area contributed by atoms with Gasteiger partial charge in [0.2, 0.25) is 0 Å². The first-order chi connectivity index (χ1) is 9.66. The Kier molecular flexibility index (Phi) is 3.10. The Hall–Kier alpha value is -2.43. The van der Waals surface area contributed by atoms with Crippen molar-refractivity contribution in [3.8, 4) is 0 Å². The fraction of sp³-hybridized carbons (Fsp3) is 0.267. The number of benzene rings is 1. The number of hydrogen-bond acceptors (Lipinski definition) is 4. The van der Waals surface area contributed by atoms with E-state index in [9.17, 15) is 0 Å². The molecule has 3 rings (SSSR count). The maximum Gasteiger partial charge on any atom is 0.178 e. The van der Waals surface area contributed by atoms with Gasteiger partial charge in [0.1, 0.15) is 5.82 Å². The molecule has 0 radical (unpaired) electrons. The van der Waals surface area contributed by atoms with Gasteiger partial charge in [-0.3, -0.25) is 0 Å². The Morgan fingerprint density at radius 1 is 1.05 bits per heavy atom. The molecule has 0 aliphatic heterocycles. The highest BCUT2D eigenvalue weighted by atomic mass is 15.4. The van der Waals surface area contributed by atoms with Crippen molar-refractivity contribution in [3.05, 3.63) is 53.9 Å². The van der Waals surface area contributed by atoms with Crippen LogP contribution in [-0.4, -0.2) is 26.9 Å². The molecule has 1 aromatic carbocycles. The molecule has 0 spiro atoms. The quantitative estimate of drug-likeness (QED) is 0.732. The Labute approximate surface area is 117 Å². The molecule has 20 heavy (non-hydrogen) atoms. The third-order valence-corrected chi connectivity index (χ3v) is 3.63. The summed E-state index contributed by atoms with van der Waals surface area (Å²) in [6, 6.07) is 14.6. The second-order valence-electron chi connectivity index (χ2n) is 4.91. The molecule has 5 heteroatoms. The highest BCUT2D eigenvalue weighted by Crippen LogP contribution is 2.23. The van der Waals surface area contributed by atoms with E-state index in [4.69, 9.17) is 0 Å². The molecule has 0 aliphatic rings. The average molecular weight is 267 g/mol. The summed E-state index contributed by atoms with van der Waals surface area (Å²) < 4.78 is 1.77. The van der Waals surface area contributed by atoms with Crippen LogP contribution < -0.4 is 4.90 Å². The monoisotopic (exact) mass is 267 g/mol. The van der Waals surface area contributed by atoms with E-state index in [1.807, 2.05) is 32.2 Å². The predicted molar refractivity (Wildman–Crippen MR) is 78.8 cm³/mol. The van der Waals surface area contributed by atoms with Crippen LogP contribution in [0.2, 0.25) is 0 Å². The number of hydrogen-bond donors (Lipinski definition) is 0. The van der Waals surface area contributed by atoms with Gasteiger partial charge in [0.25, 0.3) is 0 Å². The maximum atomic E-state index is 4.60. The summed E-state index contributed by atoms with van der Waals surface area (Å²) >= 11 is 0. The molecule has 0 aliphatic carbocycles. The van der Waals surface area contributed by atoms with Crippen LogP contribution in [0.5, 0.6) is 0 Å². The zero-order valence-corrected chi connectivity index (χ0v) is 11.9. The molecular weight excluding hydrogens is 250 g/mol. The number of nitrogens with zero attached hydrogens (tertiary/aromatic N) is 5. The lowest BCUT2D eigenvalue weighted by atomic mass is 10.1. The van der Waals surface area contributed by atoms with E-state index in [1.165, 1.54) is 5.56 Å². The van der Waals surface area contributed by atoms with E-state index < -0.39 is 0 Å². The van der Waals surface area contributed by atoms with Crippen molar-refractivity contribution in [1.29, 1.82) is 0 Å². The van der Waals surface area contributed by atoms with Crippen LogP contribution in [0.15, 0.2) is 42.5 Å². The predicted octanol–water partition coefficient (Wildman–Crippen LogP) is 2.63. The molecule has 0 unspecified atom stereocenters. The minimum atomic E-state index is 0.248. The van der Waals surface area contributed by atoms with E-state index in [2.05, 4.69) is 51.4 Å². The van der Waals surface area contributed by atoms with Gasteiger partial charge >= 0.3 is 0 Å². The van der Waals surface area contributed by atoms with Gasteiger partial charge in [-0.25, -0.2) is 0 Å². The van der Waals surface area contributed by atoms with Gasteiger partial charge in [0.15, 0.2) is 11.5 Å². The van der Waals surface area contributed by atoms with Gasteiger partial charge in [0.05, 0.1) is 6.04 Å². The molecule has 2 heterocycles. The van der Waals surface area contributed by atoms with Crippen molar-refractivity contribution in [1.82, 2.24) is 19.8 Å². The van der Waals surface area contributed by atoms with E-state index in [0.717, 1.165) is 17.3 Å². The fourth-order valence-electron chi connectivity index (χ4n) is 2.23. The first-order valence-electron chi connectivity index (χ1n) is 6.63. The van der Waals surface area contributed by atoms with Crippen LogP contribution in [0.4, 0.5) is 5.82 Å². The number of aromatic nitrogens is 4. The van der Waals surface area contributed by atoms with Crippen LogP contribution >= 0.6 is 0 Å². The minimum absolute atomic E-state index is 0.248. The molecule has 5 nitrogen and oxygen atoms in total. The number of fused-ring (bicyclic) bond motifs is 1. The summed E-state index contributed by atoms with van der Waals surface area (Å²) in [5.74, 6) is 1.69. The van der Waals surface area contributed by atoms with Gasteiger partial charge < -0.3 is 4.90 Å². The van der Waals surface area contributed by atoms with Crippen LogP contribution in [0.1, 0.15) is 24.4 Å². The maximum absolute atomic E-state index is 4.60. The minimum Gasteiger partial charge on any atom is -0.351 e. The van der Waals surface area contributed by atoms with Crippen LogP contribution in [0, 0.1) is 6.92 Å². The summed E-state index contributed by atoms with van der Waals surface area (Å²) in [5.41, 5.74) is 2.03. The van der Waals surface area contributed by atoms with Gasteiger partial charge in [-0.2, -0.15) is 4.52 Å². The fourth-order valence-corrected chi connectivity index (χ4v) is 2.23. The summed E-state index contributed by atoms with van der Waals surface area (Å²) in [6.45, 7) is 4.07. The third kappa shape index (κ3) is 2.11. The van der Waals surface area contributed by atoms with E-state index in [0.29, 0.717) is 0 Å². The van der Waals surface area contributed by atoms with Crippen molar-refractivity contribution in [2.75, 3.05) is 11.9 Å². The Morgan fingerprint density at radius 3 is 2.55 bits per heavy atom. The largest absolute Gasteiger partial charge is 0.351 e. The topological polar surface area (TPSA) is 46.3 Å². The van der Waals surface area contributed by atoms with Gasteiger partial charge in [0, 0.05) is 7.05 Å². The molecule has 0 N–H and O–H groups in total. The van der Waals surface area contributed by atoms with Gasteiger partial charge in [-0.1, -0.05) is 30.3 Å². The van der Waals surface area contributed by atoms with Crippen LogP contribution in [0.25, 0.3) is 5.65 Å². The van der Waals surface area contributed by atoms with Gasteiger partial charge in [-0.05, 0) is 31.5 Å².